The van der Waals surface area contributed by atoms with E-state index >= 15 is 0 Å². The number of hydrogen-bond donors (Lipinski definition) is 1. The van der Waals surface area contributed by atoms with E-state index in [1.807, 2.05) is 0 Å². The number of benzene rings is 1. The Hall–Kier alpha value is -1.39. The molecule has 1 amide bonds. The van der Waals surface area contributed by atoms with Crippen LogP contribution in [-0.2, 0) is 20.7 Å². The lowest BCUT2D eigenvalue weighted by Crippen LogP contribution is -2.34. The van der Waals surface area contributed by atoms with E-state index in [0.29, 0.717) is 19.1 Å². The molecular weight excluding hydrogens is 266 g/mol. The van der Waals surface area contributed by atoms with E-state index in [2.05, 4.69) is 50.4 Å². The van der Waals surface area contributed by atoms with Gasteiger partial charge in [0.25, 0.3) is 0 Å². The summed E-state index contributed by atoms with van der Waals surface area (Å²) in [4.78, 5) is 11.9. The Kier molecular flexibility index (Phi) is 8.01. The van der Waals surface area contributed by atoms with Gasteiger partial charge in [0.05, 0.1) is 19.3 Å². The minimum Gasteiger partial charge on any atom is -0.382 e. The second-order valence-corrected chi connectivity index (χ2v) is 5.43. The molecule has 0 aromatic heterocycles. The standard InChI is InChI=1S/C17H27NO3/c1-5-14-6-8-15(9-7-14)17(13(2)3)18-16(19)12-21-11-10-20-4/h6-9,13,17H,5,10-12H2,1-4H3,(H,18,19). The molecule has 0 aliphatic heterocycles. The molecule has 1 rings (SSSR count). The molecule has 0 spiro atoms. The summed E-state index contributed by atoms with van der Waals surface area (Å²) in [6.45, 7) is 7.34. The van der Waals surface area contributed by atoms with Gasteiger partial charge in [-0.2, -0.15) is 0 Å². The van der Waals surface area contributed by atoms with Gasteiger partial charge in [0.1, 0.15) is 6.61 Å². The van der Waals surface area contributed by atoms with Crippen LogP contribution in [-0.4, -0.2) is 32.8 Å². The van der Waals surface area contributed by atoms with Crippen LogP contribution in [0.2, 0.25) is 0 Å². The van der Waals surface area contributed by atoms with Crippen molar-refractivity contribution in [3.8, 4) is 0 Å². The Labute approximate surface area is 127 Å². The topological polar surface area (TPSA) is 47.6 Å². The summed E-state index contributed by atoms with van der Waals surface area (Å²) >= 11 is 0. The van der Waals surface area contributed by atoms with Crippen molar-refractivity contribution in [3.05, 3.63) is 35.4 Å². The number of aryl methyl sites for hydroxylation is 1. The van der Waals surface area contributed by atoms with Gasteiger partial charge >= 0.3 is 0 Å². The van der Waals surface area contributed by atoms with Crippen LogP contribution < -0.4 is 5.32 Å². The maximum absolute atomic E-state index is 11.9. The predicted molar refractivity (Wildman–Crippen MR) is 84.2 cm³/mol. The van der Waals surface area contributed by atoms with E-state index in [9.17, 15) is 4.79 Å². The molecule has 0 bridgehead atoms. The fraction of sp³-hybridized carbons (Fsp3) is 0.588. The molecule has 0 heterocycles. The molecule has 1 aromatic carbocycles. The lowest BCUT2D eigenvalue weighted by Gasteiger charge is -2.23. The van der Waals surface area contributed by atoms with E-state index in [1.54, 1.807) is 7.11 Å². The van der Waals surface area contributed by atoms with Crippen molar-refractivity contribution in [1.82, 2.24) is 5.32 Å². The highest BCUT2D eigenvalue weighted by Crippen LogP contribution is 2.22. The van der Waals surface area contributed by atoms with Gasteiger partial charge in [-0.3, -0.25) is 4.79 Å². The highest BCUT2D eigenvalue weighted by molar-refractivity contribution is 5.77. The van der Waals surface area contributed by atoms with Crippen LogP contribution in [0.5, 0.6) is 0 Å². The fourth-order valence-corrected chi connectivity index (χ4v) is 2.12. The third kappa shape index (κ3) is 6.27. The van der Waals surface area contributed by atoms with Gasteiger partial charge in [-0.25, -0.2) is 0 Å². The van der Waals surface area contributed by atoms with Gasteiger partial charge in [0.2, 0.25) is 5.91 Å². The first-order valence-corrected chi connectivity index (χ1v) is 7.53. The Morgan fingerprint density at radius 1 is 1.19 bits per heavy atom. The van der Waals surface area contributed by atoms with Gasteiger partial charge in [0.15, 0.2) is 0 Å². The first-order chi connectivity index (χ1) is 10.1. The minimum atomic E-state index is -0.0932. The maximum Gasteiger partial charge on any atom is 0.246 e. The predicted octanol–water partition coefficient (Wildman–Crippen LogP) is 2.73. The highest BCUT2D eigenvalue weighted by Gasteiger charge is 2.18. The van der Waals surface area contributed by atoms with E-state index in [4.69, 9.17) is 9.47 Å². The zero-order valence-corrected chi connectivity index (χ0v) is 13.5. The van der Waals surface area contributed by atoms with Crippen molar-refractivity contribution < 1.29 is 14.3 Å². The summed E-state index contributed by atoms with van der Waals surface area (Å²) < 4.78 is 10.1. The lowest BCUT2D eigenvalue weighted by molar-refractivity contribution is -0.127. The van der Waals surface area contributed by atoms with E-state index in [-0.39, 0.29) is 18.6 Å². The molecule has 4 heteroatoms. The number of methoxy groups -OCH3 is 1. The summed E-state index contributed by atoms with van der Waals surface area (Å²) in [5.41, 5.74) is 2.43. The monoisotopic (exact) mass is 293 g/mol. The van der Waals surface area contributed by atoms with Gasteiger partial charge in [-0.15, -0.1) is 0 Å². The molecule has 118 valence electrons. The van der Waals surface area contributed by atoms with Gasteiger partial charge in [-0.05, 0) is 23.5 Å². The van der Waals surface area contributed by atoms with Crippen molar-refractivity contribution in [2.75, 3.05) is 26.9 Å². The fourth-order valence-electron chi connectivity index (χ4n) is 2.12. The van der Waals surface area contributed by atoms with Crippen molar-refractivity contribution in [2.24, 2.45) is 5.92 Å². The molecule has 1 N–H and O–H groups in total. The summed E-state index contributed by atoms with van der Waals surface area (Å²) in [7, 11) is 1.61. The zero-order chi connectivity index (χ0) is 15.7. The summed E-state index contributed by atoms with van der Waals surface area (Å²) in [5.74, 6) is 0.227. The van der Waals surface area contributed by atoms with Crippen LogP contribution in [0.1, 0.15) is 37.9 Å². The summed E-state index contributed by atoms with van der Waals surface area (Å²) in [6.07, 6.45) is 1.02. The molecule has 0 saturated heterocycles. The maximum atomic E-state index is 11.9. The third-order valence-corrected chi connectivity index (χ3v) is 3.40. The van der Waals surface area contributed by atoms with Gasteiger partial charge in [-0.1, -0.05) is 45.0 Å². The molecule has 1 atom stereocenters. The van der Waals surface area contributed by atoms with Crippen molar-refractivity contribution in [2.45, 2.75) is 33.2 Å². The first kappa shape index (κ1) is 17.7. The number of hydrogen-bond acceptors (Lipinski definition) is 3. The van der Waals surface area contributed by atoms with Gasteiger partial charge < -0.3 is 14.8 Å². The number of amides is 1. The average Bonchev–Trinajstić information content (AvgIpc) is 2.49. The van der Waals surface area contributed by atoms with Gasteiger partial charge in [0, 0.05) is 7.11 Å². The number of ether oxygens (including phenoxy) is 2. The third-order valence-electron chi connectivity index (χ3n) is 3.40. The zero-order valence-electron chi connectivity index (χ0n) is 13.5. The van der Waals surface area contributed by atoms with E-state index in [0.717, 1.165) is 12.0 Å². The number of carbonyl (C=O) groups excluding carboxylic acids is 1. The molecule has 0 saturated carbocycles. The number of rotatable bonds is 9. The van der Waals surface area contributed by atoms with Crippen molar-refractivity contribution in [1.29, 1.82) is 0 Å². The lowest BCUT2D eigenvalue weighted by atomic mass is 9.95. The largest absolute Gasteiger partial charge is 0.382 e. The molecule has 0 aliphatic rings. The van der Waals surface area contributed by atoms with Crippen LogP contribution in [0.15, 0.2) is 24.3 Å². The average molecular weight is 293 g/mol. The highest BCUT2D eigenvalue weighted by atomic mass is 16.5. The normalized spacial score (nSPS) is 12.4. The van der Waals surface area contributed by atoms with Crippen LogP contribution in [0.4, 0.5) is 0 Å². The van der Waals surface area contributed by atoms with Crippen LogP contribution in [0.3, 0.4) is 0 Å². The van der Waals surface area contributed by atoms with Crippen LogP contribution >= 0.6 is 0 Å². The molecule has 1 unspecified atom stereocenters. The second kappa shape index (κ2) is 9.53. The number of nitrogens with one attached hydrogen (secondary N) is 1. The molecule has 4 nitrogen and oxygen atoms in total. The van der Waals surface area contributed by atoms with E-state index in [1.165, 1.54) is 5.56 Å². The molecule has 0 fully saturated rings. The Balaban J connectivity index is 2.58. The summed E-state index contributed by atoms with van der Waals surface area (Å²) in [6, 6.07) is 8.43. The SMILES string of the molecule is CCc1ccc(C(NC(=O)COCCOC)C(C)C)cc1. The molecule has 0 aliphatic carbocycles. The van der Waals surface area contributed by atoms with Crippen LogP contribution in [0.25, 0.3) is 0 Å². The Morgan fingerprint density at radius 3 is 2.38 bits per heavy atom. The van der Waals surface area contributed by atoms with E-state index < -0.39 is 0 Å². The second-order valence-electron chi connectivity index (χ2n) is 5.43. The first-order valence-electron chi connectivity index (χ1n) is 7.53. The summed E-state index contributed by atoms with van der Waals surface area (Å²) in [5, 5.41) is 3.04. The minimum absolute atomic E-state index is 0.00873. The molecular formula is C17H27NO3. The van der Waals surface area contributed by atoms with Crippen LogP contribution in [0, 0.1) is 5.92 Å². The quantitative estimate of drug-likeness (QED) is 0.712. The Bertz CT molecular complexity index is 415. The number of carbonyl (C=O) groups is 1. The van der Waals surface area contributed by atoms with Crippen molar-refractivity contribution in [3.63, 3.8) is 0 Å². The molecule has 1 aromatic rings. The smallest absolute Gasteiger partial charge is 0.246 e. The molecule has 21 heavy (non-hydrogen) atoms. The Morgan fingerprint density at radius 2 is 1.86 bits per heavy atom. The van der Waals surface area contributed by atoms with Crippen molar-refractivity contribution >= 4 is 5.91 Å². The molecule has 0 radical (unpaired) electrons.